The number of rotatable bonds is 3. The van der Waals surface area contributed by atoms with E-state index in [1.54, 1.807) is 19.3 Å². The highest BCUT2D eigenvalue weighted by Crippen LogP contribution is 2.23. The molecule has 1 N–H and O–H groups in total. The van der Waals surface area contributed by atoms with Crippen LogP contribution in [0.5, 0.6) is 0 Å². The maximum absolute atomic E-state index is 12.6. The second kappa shape index (κ2) is 6.86. The van der Waals surface area contributed by atoms with Gasteiger partial charge in [0.25, 0.3) is 5.56 Å². The lowest BCUT2D eigenvalue weighted by molar-refractivity contribution is -0.120. The van der Waals surface area contributed by atoms with Crippen molar-refractivity contribution in [2.75, 3.05) is 23.3 Å². The molecule has 0 spiro atoms. The first-order chi connectivity index (χ1) is 11.5. The molecule has 1 atom stereocenters. The molecular weight excluding hydrogens is 304 g/mol. The third-order valence-electron chi connectivity index (χ3n) is 4.40. The normalized spacial score (nSPS) is 17.6. The van der Waals surface area contributed by atoms with Gasteiger partial charge in [-0.2, -0.15) is 5.10 Å². The summed E-state index contributed by atoms with van der Waals surface area (Å²) >= 11 is 0. The van der Waals surface area contributed by atoms with Crippen LogP contribution in [0.25, 0.3) is 0 Å². The van der Waals surface area contributed by atoms with Gasteiger partial charge >= 0.3 is 0 Å². The number of aromatic nitrogens is 2. The molecule has 0 unspecified atom stereocenters. The Morgan fingerprint density at radius 1 is 1.33 bits per heavy atom. The smallest absolute Gasteiger partial charge is 0.268 e. The highest BCUT2D eigenvalue weighted by Gasteiger charge is 2.26. The Morgan fingerprint density at radius 2 is 2.17 bits per heavy atom. The Morgan fingerprint density at radius 3 is 2.92 bits per heavy atom. The maximum Gasteiger partial charge on any atom is 0.268 e. The molecule has 1 aliphatic rings. The van der Waals surface area contributed by atoms with Gasteiger partial charge in [0.2, 0.25) is 5.91 Å². The summed E-state index contributed by atoms with van der Waals surface area (Å²) < 4.78 is 1.30. The van der Waals surface area contributed by atoms with Crippen LogP contribution in [0.3, 0.4) is 0 Å². The van der Waals surface area contributed by atoms with Crippen LogP contribution in [0.4, 0.5) is 11.4 Å². The summed E-state index contributed by atoms with van der Waals surface area (Å²) in [6, 6.07) is 9.37. The van der Waals surface area contributed by atoms with Gasteiger partial charge in [0.15, 0.2) is 0 Å². The maximum atomic E-state index is 12.6. The van der Waals surface area contributed by atoms with Gasteiger partial charge in [-0.1, -0.05) is 12.1 Å². The van der Waals surface area contributed by atoms with Gasteiger partial charge in [-0.3, -0.25) is 9.59 Å². The number of benzene rings is 1. The van der Waals surface area contributed by atoms with Crippen LogP contribution in [-0.4, -0.2) is 28.8 Å². The van der Waals surface area contributed by atoms with Gasteiger partial charge < -0.3 is 10.2 Å². The number of nitrogens with zero attached hydrogens (tertiary/aromatic N) is 3. The first-order valence-electron chi connectivity index (χ1n) is 8.19. The molecule has 1 aromatic carbocycles. The van der Waals surface area contributed by atoms with Crippen LogP contribution in [0.1, 0.15) is 18.4 Å². The molecule has 1 saturated heterocycles. The van der Waals surface area contributed by atoms with Gasteiger partial charge in [0.05, 0.1) is 17.8 Å². The van der Waals surface area contributed by atoms with E-state index in [0.717, 1.165) is 36.3 Å². The lowest BCUT2D eigenvalue weighted by Crippen LogP contribution is -2.41. The van der Waals surface area contributed by atoms with E-state index < -0.39 is 0 Å². The van der Waals surface area contributed by atoms with Crippen molar-refractivity contribution in [2.24, 2.45) is 13.0 Å². The summed E-state index contributed by atoms with van der Waals surface area (Å²) in [7, 11) is 1.63. The molecule has 3 rings (SSSR count). The average Bonchev–Trinajstić information content (AvgIpc) is 2.57. The summed E-state index contributed by atoms with van der Waals surface area (Å²) in [4.78, 5) is 26.4. The fourth-order valence-corrected chi connectivity index (χ4v) is 3.03. The lowest BCUT2D eigenvalue weighted by atomic mass is 9.96. The van der Waals surface area contributed by atoms with Crippen LogP contribution in [-0.2, 0) is 11.8 Å². The Balaban J connectivity index is 1.69. The second-order valence-corrected chi connectivity index (χ2v) is 6.32. The molecule has 6 heteroatoms. The van der Waals surface area contributed by atoms with E-state index in [1.807, 2.05) is 31.2 Å². The van der Waals surface area contributed by atoms with Gasteiger partial charge in [-0.05, 0) is 37.5 Å². The topological polar surface area (TPSA) is 67.2 Å². The Bertz CT molecular complexity index is 800. The second-order valence-electron chi connectivity index (χ2n) is 6.32. The molecule has 1 fully saturated rings. The number of nitrogens with one attached hydrogen (secondary N) is 1. The van der Waals surface area contributed by atoms with E-state index in [9.17, 15) is 9.59 Å². The number of amides is 1. The molecule has 2 heterocycles. The first-order valence-corrected chi connectivity index (χ1v) is 8.19. The van der Waals surface area contributed by atoms with E-state index in [1.165, 1.54) is 4.68 Å². The predicted molar refractivity (Wildman–Crippen MR) is 94.2 cm³/mol. The van der Waals surface area contributed by atoms with Crippen LogP contribution in [0.15, 0.2) is 41.3 Å². The highest BCUT2D eigenvalue weighted by atomic mass is 16.2. The Hall–Kier alpha value is -2.63. The number of carbonyl (C=O) groups is 1. The standard InChI is InChI=1S/C18H22N4O2/c1-13-5-3-7-15(9-13)20-18(24)14-6-4-8-22(12-14)16-10-17(23)21(2)19-11-16/h3,5,7,9-11,14H,4,6,8,12H2,1-2H3,(H,20,24)/t14-/m0/s1. The van der Waals surface area contributed by atoms with Crippen LogP contribution >= 0.6 is 0 Å². The molecular formula is C18H22N4O2. The molecule has 1 aliphatic heterocycles. The monoisotopic (exact) mass is 326 g/mol. The fraction of sp³-hybridized carbons (Fsp3) is 0.389. The number of aryl methyl sites for hydroxylation is 2. The number of piperidine rings is 1. The van der Waals surface area contributed by atoms with Crippen molar-refractivity contribution in [3.05, 3.63) is 52.4 Å². The quantitative estimate of drug-likeness (QED) is 0.936. The number of hydrogen-bond donors (Lipinski definition) is 1. The minimum atomic E-state index is -0.140. The van der Waals surface area contributed by atoms with Gasteiger partial charge in [-0.15, -0.1) is 0 Å². The van der Waals surface area contributed by atoms with Crippen LogP contribution < -0.4 is 15.8 Å². The number of carbonyl (C=O) groups excluding carboxylic acids is 1. The largest absolute Gasteiger partial charge is 0.369 e. The van der Waals surface area contributed by atoms with Gasteiger partial charge in [0.1, 0.15) is 0 Å². The third-order valence-corrected chi connectivity index (χ3v) is 4.40. The molecule has 6 nitrogen and oxygen atoms in total. The molecule has 1 aromatic heterocycles. The minimum Gasteiger partial charge on any atom is -0.369 e. The van der Waals surface area contributed by atoms with E-state index >= 15 is 0 Å². The van der Waals surface area contributed by atoms with Crippen molar-refractivity contribution in [3.8, 4) is 0 Å². The highest BCUT2D eigenvalue weighted by molar-refractivity contribution is 5.93. The SMILES string of the molecule is Cc1cccc(NC(=O)[C@H]2CCCN(c3cnn(C)c(=O)c3)C2)c1. The molecule has 0 aliphatic carbocycles. The van der Waals surface area contributed by atoms with E-state index in [0.29, 0.717) is 6.54 Å². The Kier molecular flexibility index (Phi) is 4.64. The zero-order valence-corrected chi connectivity index (χ0v) is 14.0. The first kappa shape index (κ1) is 16.2. The average molecular weight is 326 g/mol. The third kappa shape index (κ3) is 3.64. The summed E-state index contributed by atoms with van der Waals surface area (Å²) in [6.07, 6.45) is 3.45. The van der Waals surface area contributed by atoms with Crippen molar-refractivity contribution in [1.29, 1.82) is 0 Å². The molecule has 0 saturated carbocycles. The van der Waals surface area contributed by atoms with Crippen molar-refractivity contribution >= 4 is 17.3 Å². The fourth-order valence-electron chi connectivity index (χ4n) is 3.03. The zero-order chi connectivity index (χ0) is 17.1. The van der Waals surface area contributed by atoms with Gasteiger partial charge in [-0.25, -0.2) is 4.68 Å². The number of hydrogen-bond acceptors (Lipinski definition) is 4. The zero-order valence-electron chi connectivity index (χ0n) is 14.0. The van der Waals surface area contributed by atoms with Crippen molar-refractivity contribution in [2.45, 2.75) is 19.8 Å². The van der Waals surface area contributed by atoms with Gasteiger partial charge in [0, 0.05) is 31.9 Å². The molecule has 1 amide bonds. The molecule has 24 heavy (non-hydrogen) atoms. The summed E-state index contributed by atoms with van der Waals surface area (Å²) in [5, 5.41) is 7.06. The van der Waals surface area contributed by atoms with Crippen molar-refractivity contribution < 1.29 is 4.79 Å². The summed E-state index contributed by atoms with van der Waals surface area (Å²) in [6.45, 7) is 3.44. The predicted octanol–water partition coefficient (Wildman–Crippen LogP) is 1.94. The van der Waals surface area contributed by atoms with Crippen LogP contribution in [0, 0.1) is 12.8 Å². The lowest BCUT2D eigenvalue weighted by Gasteiger charge is -2.33. The van der Waals surface area contributed by atoms with E-state index in [2.05, 4.69) is 15.3 Å². The van der Waals surface area contributed by atoms with Crippen molar-refractivity contribution in [1.82, 2.24) is 9.78 Å². The summed E-state index contributed by atoms with van der Waals surface area (Å²) in [5.74, 6) is -0.0644. The summed E-state index contributed by atoms with van der Waals surface area (Å²) in [5.41, 5.74) is 2.58. The molecule has 126 valence electrons. The van der Waals surface area contributed by atoms with Crippen molar-refractivity contribution in [3.63, 3.8) is 0 Å². The van der Waals surface area contributed by atoms with E-state index in [4.69, 9.17) is 0 Å². The number of anilines is 2. The molecule has 0 radical (unpaired) electrons. The molecule has 0 bridgehead atoms. The van der Waals surface area contributed by atoms with Crippen LogP contribution in [0.2, 0.25) is 0 Å². The minimum absolute atomic E-state index is 0.0297. The van der Waals surface area contributed by atoms with E-state index in [-0.39, 0.29) is 17.4 Å². The Labute approximate surface area is 141 Å². The molecule has 2 aromatic rings.